The van der Waals surface area contributed by atoms with Crippen LogP contribution in [-0.4, -0.2) is 78.4 Å². The average Bonchev–Trinajstić information content (AvgIpc) is 2.91. The Hall–Kier alpha value is -3.25. The molecule has 1 atom stereocenters. The number of para-hydroxylation sites is 1. The van der Waals surface area contributed by atoms with Crippen molar-refractivity contribution < 1.29 is 28.5 Å². The largest absolute Gasteiger partial charge is 0.493 e. The lowest BCUT2D eigenvalue weighted by atomic mass is 9.92. The zero-order chi connectivity index (χ0) is 25.0. The van der Waals surface area contributed by atoms with Gasteiger partial charge in [-0.2, -0.15) is 0 Å². The van der Waals surface area contributed by atoms with Crippen LogP contribution in [0.15, 0.2) is 35.3 Å². The number of nitrogens with two attached hydrogens (primary N) is 1. The molecule has 11 nitrogen and oxygen atoms in total. The highest BCUT2D eigenvalue weighted by atomic mass is 35.5. The van der Waals surface area contributed by atoms with Crippen LogP contribution in [0.5, 0.6) is 28.7 Å². The van der Waals surface area contributed by atoms with Crippen molar-refractivity contribution in [1.82, 2.24) is 10.3 Å². The van der Waals surface area contributed by atoms with Crippen LogP contribution in [0.25, 0.3) is 0 Å². The third kappa shape index (κ3) is 5.00. The number of hydrogen-bond donors (Lipinski definition) is 2. The van der Waals surface area contributed by atoms with Crippen LogP contribution in [0.3, 0.4) is 0 Å². The summed E-state index contributed by atoms with van der Waals surface area (Å²) in [5, 5.41) is 7.36. The predicted octanol–water partition coefficient (Wildman–Crippen LogP) is 1.57. The first kappa shape index (κ1) is 27.3. The molecule has 0 bridgehead atoms. The molecule has 2 heterocycles. The van der Waals surface area contributed by atoms with Crippen molar-refractivity contribution in [3.8, 4) is 28.7 Å². The number of anilines is 1. The highest BCUT2D eigenvalue weighted by molar-refractivity contribution is 5.98. The minimum atomic E-state index is -1.70. The van der Waals surface area contributed by atoms with E-state index in [4.69, 9.17) is 29.4 Å². The third-order valence-corrected chi connectivity index (χ3v) is 6.08. The summed E-state index contributed by atoms with van der Waals surface area (Å²) in [5.41, 5.74) is 6.15. The Morgan fingerprint density at radius 1 is 1.00 bits per heavy atom. The molecular weight excluding hydrogens is 490 g/mol. The normalized spacial score (nSPS) is 19.1. The lowest BCUT2D eigenvalue weighted by molar-refractivity contribution is -0.126. The molecule has 2 aromatic carbocycles. The summed E-state index contributed by atoms with van der Waals surface area (Å²) in [6.07, 6.45) is 1.58. The molecule has 0 spiro atoms. The first-order valence-corrected chi connectivity index (χ1v) is 11.2. The maximum absolute atomic E-state index is 13.5. The van der Waals surface area contributed by atoms with Gasteiger partial charge in [0, 0.05) is 37.8 Å². The van der Waals surface area contributed by atoms with E-state index < -0.39 is 11.4 Å². The number of ketones is 1. The van der Waals surface area contributed by atoms with E-state index in [1.54, 1.807) is 43.8 Å². The Labute approximate surface area is 216 Å². The average molecular weight is 522 g/mol. The van der Waals surface area contributed by atoms with E-state index >= 15 is 0 Å². The van der Waals surface area contributed by atoms with Crippen LogP contribution >= 0.6 is 12.4 Å². The minimum Gasteiger partial charge on any atom is -0.493 e. The van der Waals surface area contributed by atoms with Crippen LogP contribution in [0, 0.1) is 0 Å². The topological polar surface area (TPSA) is 120 Å². The molecule has 0 aromatic heterocycles. The van der Waals surface area contributed by atoms with Gasteiger partial charge in [-0.05, 0) is 18.2 Å². The summed E-state index contributed by atoms with van der Waals surface area (Å²) in [4.78, 5) is 18.0. The summed E-state index contributed by atoms with van der Waals surface area (Å²) in [6, 6.07) is 8.71. The number of hydrogen-bond acceptors (Lipinski definition) is 11. The van der Waals surface area contributed by atoms with E-state index in [1.165, 1.54) is 21.3 Å². The quantitative estimate of drug-likeness (QED) is 0.503. The maximum Gasteiger partial charge on any atom is 0.216 e. The number of aliphatic imine (C=N–C) groups is 1. The Morgan fingerprint density at radius 2 is 1.58 bits per heavy atom. The molecule has 2 aliphatic heterocycles. The monoisotopic (exact) mass is 521 g/mol. The van der Waals surface area contributed by atoms with Gasteiger partial charge in [-0.25, -0.2) is 10.0 Å². The zero-order valence-corrected chi connectivity index (χ0v) is 21.6. The second-order valence-electron chi connectivity index (χ2n) is 7.99. The number of ether oxygens (including phenoxy) is 5. The zero-order valence-electron chi connectivity index (χ0n) is 20.8. The number of benzene rings is 2. The summed E-state index contributed by atoms with van der Waals surface area (Å²) < 4.78 is 27.6. The fourth-order valence-electron chi connectivity index (χ4n) is 4.16. The molecule has 2 aromatic rings. The lowest BCUT2D eigenvalue weighted by Gasteiger charge is -2.42. The molecule has 0 radical (unpaired) electrons. The van der Waals surface area contributed by atoms with Crippen LogP contribution < -0.4 is 39.7 Å². The maximum atomic E-state index is 13.5. The number of piperazine rings is 1. The van der Waals surface area contributed by atoms with Crippen LogP contribution in [0.2, 0.25) is 0 Å². The first-order valence-electron chi connectivity index (χ1n) is 11.2. The van der Waals surface area contributed by atoms with E-state index in [0.717, 1.165) is 26.2 Å². The number of rotatable bonds is 9. The highest BCUT2D eigenvalue weighted by Gasteiger charge is 2.43. The molecule has 2 aliphatic rings. The molecule has 196 valence electrons. The Balaban J connectivity index is 0.00000361. The molecule has 1 unspecified atom stereocenters. The van der Waals surface area contributed by atoms with Gasteiger partial charge in [0.05, 0.1) is 34.1 Å². The van der Waals surface area contributed by atoms with E-state index in [9.17, 15) is 4.79 Å². The van der Waals surface area contributed by atoms with Gasteiger partial charge < -0.3 is 29.0 Å². The Bertz CT molecular complexity index is 1090. The molecule has 0 saturated carbocycles. The van der Waals surface area contributed by atoms with Gasteiger partial charge in [0.2, 0.25) is 17.2 Å². The molecule has 0 aliphatic carbocycles. The minimum absolute atomic E-state index is 0. The van der Waals surface area contributed by atoms with Gasteiger partial charge in [-0.1, -0.05) is 6.07 Å². The van der Waals surface area contributed by atoms with Gasteiger partial charge in [-0.15, -0.1) is 12.4 Å². The van der Waals surface area contributed by atoms with Crippen LogP contribution in [0.1, 0.15) is 5.56 Å². The summed E-state index contributed by atoms with van der Waals surface area (Å²) in [6.45, 7) is 2.83. The molecule has 12 heteroatoms. The van der Waals surface area contributed by atoms with Gasteiger partial charge in [0.1, 0.15) is 6.34 Å². The molecule has 3 N–H and O–H groups in total. The van der Waals surface area contributed by atoms with Crippen LogP contribution in [0.4, 0.5) is 5.69 Å². The van der Waals surface area contributed by atoms with Crippen molar-refractivity contribution in [1.29, 1.82) is 0 Å². The third-order valence-electron chi connectivity index (χ3n) is 6.08. The molecular formula is C24H32ClN5O6. The number of carbonyl (C=O) groups is 1. The van der Waals surface area contributed by atoms with Crippen molar-refractivity contribution in [2.45, 2.75) is 5.66 Å². The fraction of sp³-hybridized carbons (Fsp3) is 0.417. The summed E-state index contributed by atoms with van der Waals surface area (Å²) in [5.74, 6) is 1.70. The number of Topliss-reactive ketones (excluding diaryl/α,β-unsaturated/α-hetero) is 1. The molecule has 0 amide bonds. The van der Waals surface area contributed by atoms with E-state index in [0.29, 0.717) is 40.0 Å². The van der Waals surface area contributed by atoms with Crippen molar-refractivity contribution >= 4 is 30.2 Å². The van der Waals surface area contributed by atoms with E-state index in [1.807, 2.05) is 5.01 Å². The van der Waals surface area contributed by atoms with Crippen molar-refractivity contribution in [3.05, 3.63) is 35.9 Å². The van der Waals surface area contributed by atoms with Crippen molar-refractivity contribution in [3.63, 3.8) is 0 Å². The second-order valence-corrected chi connectivity index (χ2v) is 7.99. The Kier molecular flexibility index (Phi) is 8.85. The standard InChI is InChI=1S/C24H31N5O6.ClH/c1-31-18-6-5-7-19(32-2)23(18)35-14-22(30)24(25)16-12-20(33-3)21(34-4)13-17(16)29(15-27-24)28-10-8-26-9-11-28;/h5-7,12-13,15,26H,8-11,14,25H2,1-4H3;1H. The van der Waals surface area contributed by atoms with E-state index in [2.05, 4.69) is 15.3 Å². The summed E-state index contributed by atoms with van der Waals surface area (Å²) in [7, 11) is 6.12. The Morgan fingerprint density at radius 3 is 2.17 bits per heavy atom. The fourth-order valence-corrected chi connectivity index (χ4v) is 4.16. The SMILES string of the molecule is COc1cc2c(cc1OC)C(N)(C(=O)COc1c(OC)cccc1OC)N=CN2N1CCNCC1.Cl. The molecule has 1 fully saturated rings. The number of hydrazine groups is 1. The smallest absolute Gasteiger partial charge is 0.216 e. The van der Waals surface area contributed by atoms with Crippen molar-refractivity contribution in [2.75, 3.05) is 66.2 Å². The van der Waals surface area contributed by atoms with Gasteiger partial charge in [-0.3, -0.25) is 15.5 Å². The highest BCUT2D eigenvalue weighted by Crippen LogP contribution is 2.43. The van der Waals surface area contributed by atoms with Gasteiger partial charge >= 0.3 is 0 Å². The van der Waals surface area contributed by atoms with E-state index in [-0.39, 0.29) is 19.0 Å². The van der Waals surface area contributed by atoms with Crippen LogP contribution in [-0.2, 0) is 10.5 Å². The number of halogens is 1. The van der Waals surface area contributed by atoms with Gasteiger partial charge in [0.25, 0.3) is 0 Å². The van der Waals surface area contributed by atoms with Crippen molar-refractivity contribution in [2.24, 2.45) is 10.7 Å². The second kappa shape index (κ2) is 11.7. The molecule has 36 heavy (non-hydrogen) atoms. The number of methoxy groups -OCH3 is 4. The molecule has 4 rings (SSSR count). The predicted molar refractivity (Wildman–Crippen MR) is 138 cm³/mol. The number of nitrogens with one attached hydrogen (secondary N) is 1. The number of fused-ring (bicyclic) bond motifs is 1. The number of nitrogens with zero attached hydrogens (tertiary/aromatic N) is 3. The number of carbonyl (C=O) groups excluding carboxylic acids is 1. The van der Waals surface area contributed by atoms with Gasteiger partial charge in [0.15, 0.2) is 29.6 Å². The summed E-state index contributed by atoms with van der Waals surface area (Å²) >= 11 is 0. The first-order chi connectivity index (χ1) is 17.0. The molecule has 1 saturated heterocycles. The lowest BCUT2D eigenvalue weighted by Crippen LogP contribution is -2.56.